The zero-order valence-corrected chi connectivity index (χ0v) is 12.3. The second kappa shape index (κ2) is 6.97. The second-order valence-corrected chi connectivity index (χ2v) is 4.43. The van der Waals surface area contributed by atoms with Gasteiger partial charge in [0.05, 0.1) is 0 Å². The number of rotatable bonds is 2. The van der Waals surface area contributed by atoms with Gasteiger partial charge in [0, 0.05) is 26.5 Å². The van der Waals surface area contributed by atoms with Crippen molar-refractivity contribution >= 4 is 30.7 Å². The third-order valence-electron chi connectivity index (χ3n) is 3.18. The molecule has 0 saturated carbocycles. The van der Waals surface area contributed by atoms with Gasteiger partial charge in [0.25, 0.3) is 0 Å². The van der Waals surface area contributed by atoms with Crippen molar-refractivity contribution in [1.29, 1.82) is 0 Å². The lowest BCUT2D eigenvalue weighted by Crippen LogP contribution is -2.54. The van der Waals surface area contributed by atoms with Crippen LogP contribution in [0.5, 0.6) is 0 Å². The predicted molar refractivity (Wildman–Crippen MR) is 75.5 cm³/mol. The Morgan fingerprint density at radius 2 is 1.94 bits per heavy atom. The Labute approximate surface area is 120 Å². The Kier molecular flexibility index (Phi) is 6.67. The number of nitrogens with zero attached hydrogens (tertiary/aromatic N) is 3. The van der Waals surface area contributed by atoms with Gasteiger partial charge in [0.15, 0.2) is 0 Å². The van der Waals surface area contributed by atoms with E-state index in [-0.39, 0.29) is 30.7 Å². The van der Waals surface area contributed by atoms with Crippen LogP contribution in [0.4, 0.5) is 0 Å². The van der Waals surface area contributed by atoms with E-state index in [1.165, 1.54) is 0 Å². The number of hydrogen-bond acceptors (Lipinski definition) is 3. The van der Waals surface area contributed by atoms with E-state index in [1.54, 1.807) is 25.2 Å². The molecule has 1 aliphatic heterocycles. The quantitative estimate of drug-likeness (QED) is 0.882. The highest BCUT2D eigenvalue weighted by molar-refractivity contribution is 5.85. The number of carbonyl (C=O) groups excluding carboxylic acids is 1. The SMILES string of the molecule is CN(C)C(=O)C1(n2cccn2)CCNCC1.Cl.Cl. The number of amides is 1. The van der Waals surface area contributed by atoms with E-state index in [0.29, 0.717) is 0 Å². The minimum Gasteiger partial charge on any atom is -0.347 e. The Morgan fingerprint density at radius 3 is 2.39 bits per heavy atom. The Balaban J connectivity index is 0.00000144. The Morgan fingerprint density at radius 1 is 1.33 bits per heavy atom. The van der Waals surface area contributed by atoms with E-state index < -0.39 is 5.54 Å². The lowest BCUT2D eigenvalue weighted by atomic mass is 9.87. The van der Waals surface area contributed by atoms with Gasteiger partial charge in [-0.1, -0.05) is 0 Å². The van der Waals surface area contributed by atoms with Gasteiger partial charge in [-0.15, -0.1) is 24.8 Å². The molecule has 7 heteroatoms. The van der Waals surface area contributed by atoms with Crippen LogP contribution in [0.15, 0.2) is 18.5 Å². The zero-order valence-electron chi connectivity index (χ0n) is 10.6. The lowest BCUT2D eigenvalue weighted by Gasteiger charge is -2.38. The second-order valence-electron chi connectivity index (χ2n) is 4.43. The molecule has 0 atom stereocenters. The van der Waals surface area contributed by atoms with Crippen LogP contribution in [0.3, 0.4) is 0 Å². The molecular formula is C11H20Cl2N4O. The average Bonchev–Trinajstić information content (AvgIpc) is 2.82. The molecule has 1 amide bonds. The maximum absolute atomic E-state index is 12.4. The lowest BCUT2D eigenvalue weighted by molar-refractivity contribution is -0.140. The predicted octanol–water partition coefficient (Wildman–Crippen LogP) is 0.894. The van der Waals surface area contributed by atoms with Crippen molar-refractivity contribution in [3.8, 4) is 0 Å². The summed E-state index contributed by atoms with van der Waals surface area (Å²) in [5.74, 6) is 0.137. The molecule has 1 aromatic rings. The van der Waals surface area contributed by atoms with Gasteiger partial charge >= 0.3 is 0 Å². The van der Waals surface area contributed by atoms with Gasteiger partial charge in [-0.05, 0) is 32.0 Å². The topological polar surface area (TPSA) is 50.2 Å². The van der Waals surface area contributed by atoms with Crippen molar-refractivity contribution in [2.45, 2.75) is 18.4 Å². The van der Waals surface area contributed by atoms with Gasteiger partial charge in [0.2, 0.25) is 5.91 Å². The molecule has 0 unspecified atom stereocenters. The van der Waals surface area contributed by atoms with E-state index in [1.807, 2.05) is 16.9 Å². The smallest absolute Gasteiger partial charge is 0.250 e. The van der Waals surface area contributed by atoms with E-state index in [4.69, 9.17) is 0 Å². The summed E-state index contributed by atoms with van der Waals surface area (Å²) in [6.45, 7) is 1.72. The van der Waals surface area contributed by atoms with Gasteiger partial charge in [0.1, 0.15) is 5.54 Å². The first kappa shape index (κ1) is 17.2. The number of carbonyl (C=O) groups is 1. The molecule has 1 aliphatic rings. The molecule has 1 fully saturated rings. The molecule has 0 bridgehead atoms. The normalized spacial score (nSPS) is 17.2. The van der Waals surface area contributed by atoms with Crippen LogP contribution < -0.4 is 5.32 Å². The van der Waals surface area contributed by atoms with Gasteiger partial charge < -0.3 is 10.2 Å². The molecule has 1 saturated heterocycles. The van der Waals surface area contributed by atoms with Crippen molar-refractivity contribution in [3.63, 3.8) is 0 Å². The highest BCUT2D eigenvalue weighted by Crippen LogP contribution is 2.28. The number of hydrogen-bond donors (Lipinski definition) is 1. The largest absolute Gasteiger partial charge is 0.347 e. The van der Waals surface area contributed by atoms with Crippen LogP contribution in [-0.4, -0.2) is 47.8 Å². The van der Waals surface area contributed by atoms with Crippen molar-refractivity contribution in [1.82, 2.24) is 20.0 Å². The monoisotopic (exact) mass is 294 g/mol. The summed E-state index contributed by atoms with van der Waals surface area (Å²) in [6, 6.07) is 1.87. The van der Waals surface area contributed by atoms with Crippen LogP contribution in [0, 0.1) is 0 Å². The molecule has 1 aromatic heterocycles. The highest BCUT2D eigenvalue weighted by Gasteiger charge is 2.42. The summed E-state index contributed by atoms with van der Waals surface area (Å²) in [7, 11) is 3.60. The summed E-state index contributed by atoms with van der Waals surface area (Å²) in [4.78, 5) is 14.0. The number of piperidine rings is 1. The first-order valence-corrected chi connectivity index (χ1v) is 5.59. The summed E-state index contributed by atoms with van der Waals surface area (Å²) < 4.78 is 1.82. The number of halogens is 2. The van der Waals surface area contributed by atoms with Crippen LogP contribution in [0.25, 0.3) is 0 Å². The first-order chi connectivity index (χ1) is 7.67. The van der Waals surface area contributed by atoms with Crippen molar-refractivity contribution in [2.75, 3.05) is 27.2 Å². The standard InChI is InChI=1S/C11H18N4O.2ClH/c1-14(2)10(16)11(4-7-12-8-5-11)15-9-3-6-13-15;;/h3,6,9,12H,4-5,7-8H2,1-2H3;2*1H. The van der Waals surface area contributed by atoms with Crippen LogP contribution >= 0.6 is 24.8 Å². The number of nitrogens with one attached hydrogen (secondary N) is 1. The first-order valence-electron chi connectivity index (χ1n) is 5.59. The summed E-state index contributed by atoms with van der Waals surface area (Å²) in [5.41, 5.74) is -0.488. The van der Waals surface area contributed by atoms with Crippen LogP contribution in [0.1, 0.15) is 12.8 Å². The van der Waals surface area contributed by atoms with E-state index in [0.717, 1.165) is 25.9 Å². The average molecular weight is 295 g/mol. The Hall–Kier alpha value is -0.780. The molecule has 1 N–H and O–H groups in total. The molecule has 18 heavy (non-hydrogen) atoms. The third-order valence-corrected chi connectivity index (χ3v) is 3.18. The highest BCUT2D eigenvalue weighted by atomic mass is 35.5. The van der Waals surface area contributed by atoms with E-state index in [9.17, 15) is 4.79 Å². The number of likely N-dealkylation sites (N-methyl/N-ethyl adjacent to an activating group) is 1. The molecule has 0 radical (unpaired) electrons. The third kappa shape index (κ3) is 2.96. The fourth-order valence-corrected chi connectivity index (χ4v) is 2.32. The molecule has 0 aromatic carbocycles. The fraction of sp³-hybridized carbons (Fsp3) is 0.636. The molecule has 104 valence electrons. The number of aromatic nitrogens is 2. The minimum absolute atomic E-state index is 0. The van der Waals surface area contributed by atoms with Gasteiger partial charge in [-0.25, -0.2) is 0 Å². The molecule has 2 heterocycles. The molecule has 2 rings (SSSR count). The molecule has 0 aliphatic carbocycles. The summed E-state index contributed by atoms with van der Waals surface area (Å²) >= 11 is 0. The van der Waals surface area contributed by atoms with Crippen molar-refractivity contribution in [2.24, 2.45) is 0 Å². The maximum atomic E-state index is 12.4. The molecule has 5 nitrogen and oxygen atoms in total. The minimum atomic E-state index is -0.488. The van der Waals surface area contributed by atoms with Gasteiger partial charge in [-0.3, -0.25) is 9.48 Å². The van der Waals surface area contributed by atoms with E-state index >= 15 is 0 Å². The van der Waals surface area contributed by atoms with Gasteiger partial charge in [-0.2, -0.15) is 5.10 Å². The van der Waals surface area contributed by atoms with Crippen LogP contribution in [-0.2, 0) is 10.3 Å². The van der Waals surface area contributed by atoms with Crippen molar-refractivity contribution < 1.29 is 4.79 Å². The summed E-state index contributed by atoms with van der Waals surface area (Å²) in [6.07, 6.45) is 5.21. The van der Waals surface area contributed by atoms with Crippen molar-refractivity contribution in [3.05, 3.63) is 18.5 Å². The van der Waals surface area contributed by atoms with Crippen LogP contribution in [0.2, 0.25) is 0 Å². The fourth-order valence-electron chi connectivity index (χ4n) is 2.32. The zero-order chi connectivity index (χ0) is 11.6. The molecular weight excluding hydrogens is 275 g/mol. The van der Waals surface area contributed by atoms with E-state index in [2.05, 4.69) is 10.4 Å². The Bertz CT molecular complexity index is 361. The summed E-state index contributed by atoms with van der Waals surface area (Å²) in [5, 5.41) is 7.54. The maximum Gasteiger partial charge on any atom is 0.250 e. The molecule has 0 spiro atoms.